The third-order valence-corrected chi connectivity index (χ3v) is 3.80. The summed E-state index contributed by atoms with van der Waals surface area (Å²) in [7, 11) is 0. The molecule has 0 aliphatic heterocycles. The SMILES string of the molecule is Oc1cccc(-c2nc(Cl)c3c(n2)CCCCC3)c1. The van der Waals surface area contributed by atoms with E-state index in [1.807, 2.05) is 6.07 Å². The lowest BCUT2D eigenvalue weighted by Crippen LogP contribution is -2.02. The molecular weight excluding hydrogens is 260 g/mol. The number of hydrogen-bond donors (Lipinski definition) is 1. The number of aromatic hydroxyl groups is 1. The van der Waals surface area contributed by atoms with Gasteiger partial charge in [0.25, 0.3) is 0 Å². The Morgan fingerprint density at radius 1 is 1.05 bits per heavy atom. The lowest BCUT2D eigenvalue weighted by Gasteiger charge is -2.09. The maximum Gasteiger partial charge on any atom is 0.161 e. The second-order valence-corrected chi connectivity index (χ2v) is 5.23. The van der Waals surface area contributed by atoms with Crippen molar-refractivity contribution in [1.29, 1.82) is 0 Å². The van der Waals surface area contributed by atoms with Crippen LogP contribution < -0.4 is 0 Å². The molecular formula is C15H15ClN2O. The van der Waals surface area contributed by atoms with E-state index in [-0.39, 0.29) is 5.75 Å². The number of aryl methyl sites for hydroxylation is 1. The highest BCUT2D eigenvalue weighted by Gasteiger charge is 2.16. The van der Waals surface area contributed by atoms with Crippen molar-refractivity contribution in [2.45, 2.75) is 32.1 Å². The molecule has 1 aliphatic rings. The molecule has 0 fully saturated rings. The number of aromatic nitrogens is 2. The molecule has 3 rings (SSSR count). The van der Waals surface area contributed by atoms with Crippen LogP contribution in [0.15, 0.2) is 24.3 Å². The number of nitrogens with zero attached hydrogens (tertiary/aromatic N) is 2. The third-order valence-electron chi connectivity index (χ3n) is 3.49. The predicted octanol–water partition coefficient (Wildman–Crippen LogP) is 3.77. The average Bonchev–Trinajstić information content (AvgIpc) is 2.64. The molecule has 0 amide bonds. The number of halogens is 1. The molecule has 0 atom stereocenters. The minimum Gasteiger partial charge on any atom is -0.508 e. The summed E-state index contributed by atoms with van der Waals surface area (Å²) in [5, 5.41) is 10.1. The number of phenolic OH excluding ortho intramolecular Hbond substituents is 1. The van der Waals surface area contributed by atoms with Crippen LogP contribution >= 0.6 is 11.6 Å². The van der Waals surface area contributed by atoms with Crippen molar-refractivity contribution in [3.05, 3.63) is 40.7 Å². The zero-order valence-corrected chi connectivity index (χ0v) is 11.3. The van der Waals surface area contributed by atoms with Gasteiger partial charge in [-0.05, 0) is 37.8 Å². The molecule has 0 spiro atoms. The maximum atomic E-state index is 9.54. The fourth-order valence-electron chi connectivity index (χ4n) is 2.50. The molecule has 1 N–H and O–H groups in total. The first-order valence-electron chi connectivity index (χ1n) is 6.59. The van der Waals surface area contributed by atoms with Crippen LogP contribution in [-0.4, -0.2) is 15.1 Å². The summed E-state index contributed by atoms with van der Waals surface area (Å²) in [5.74, 6) is 0.814. The molecule has 4 heteroatoms. The smallest absolute Gasteiger partial charge is 0.161 e. The van der Waals surface area contributed by atoms with Crippen molar-refractivity contribution in [2.24, 2.45) is 0 Å². The van der Waals surface area contributed by atoms with Crippen molar-refractivity contribution in [3.8, 4) is 17.1 Å². The molecule has 1 aliphatic carbocycles. The monoisotopic (exact) mass is 274 g/mol. The molecule has 1 aromatic carbocycles. The van der Waals surface area contributed by atoms with Crippen LogP contribution in [0.2, 0.25) is 5.15 Å². The van der Waals surface area contributed by atoms with E-state index in [1.165, 1.54) is 6.42 Å². The lowest BCUT2D eigenvalue weighted by atomic mass is 10.1. The molecule has 98 valence electrons. The third kappa shape index (κ3) is 2.56. The standard InChI is InChI=1S/C15H15ClN2O/c16-14-12-7-2-1-3-8-13(12)17-15(18-14)10-5-4-6-11(19)9-10/h4-6,9,19H,1-3,7-8H2. The number of fused-ring (bicyclic) bond motifs is 1. The second kappa shape index (κ2) is 5.17. The number of hydrogen-bond acceptors (Lipinski definition) is 3. The van der Waals surface area contributed by atoms with Crippen LogP contribution in [0.3, 0.4) is 0 Å². The minimum absolute atomic E-state index is 0.215. The van der Waals surface area contributed by atoms with E-state index >= 15 is 0 Å². The number of benzene rings is 1. The van der Waals surface area contributed by atoms with Crippen molar-refractivity contribution in [1.82, 2.24) is 9.97 Å². The topological polar surface area (TPSA) is 46.0 Å². The van der Waals surface area contributed by atoms with Gasteiger partial charge in [-0.1, -0.05) is 30.2 Å². The van der Waals surface area contributed by atoms with Gasteiger partial charge in [0.05, 0.1) is 0 Å². The fourth-order valence-corrected chi connectivity index (χ4v) is 2.78. The highest BCUT2D eigenvalue weighted by molar-refractivity contribution is 6.30. The quantitative estimate of drug-likeness (QED) is 0.636. The van der Waals surface area contributed by atoms with Gasteiger partial charge in [-0.3, -0.25) is 0 Å². The largest absolute Gasteiger partial charge is 0.508 e. The van der Waals surface area contributed by atoms with Gasteiger partial charge in [0.15, 0.2) is 5.82 Å². The average molecular weight is 275 g/mol. The second-order valence-electron chi connectivity index (χ2n) is 4.87. The molecule has 0 saturated carbocycles. The van der Waals surface area contributed by atoms with Gasteiger partial charge in [0.2, 0.25) is 0 Å². The van der Waals surface area contributed by atoms with Gasteiger partial charge in [0, 0.05) is 16.8 Å². The molecule has 0 saturated heterocycles. The van der Waals surface area contributed by atoms with Gasteiger partial charge >= 0.3 is 0 Å². The Morgan fingerprint density at radius 3 is 2.74 bits per heavy atom. The van der Waals surface area contributed by atoms with E-state index < -0.39 is 0 Å². The Bertz CT molecular complexity index is 613. The Hall–Kier alpha value is -1.61. The molecule has 0 radical (unpaired) electrons. The van der Waals surface area contributed by atoms with E-state index in [0.717, 1.165) is 42.5 Å². The Balaban J connectivity index is 2.09. The molecule has 3 nitrogen and oxygen atoms in total. The Kier molecular flexibility index (Phi) is 3.38. The normalized spacial score (nSPS) is 14.8. The minimum atomic E-state index is 0.215. The van der Waals surface area contributed by atoms with Crippen molar-refractivity contribution in [3.63, 3.8) is 0 Å². The maximum absolute atomic E-state index is 9.54. The molecule has 1 heterocycles. The highest BCUT2D eigenvalue weighted by Crippen LogP contribution is 2.28. The van der Waals surface area contributed by atoms with Gasteiger partial charge in [-0.2, -0.15) is 0 Å². The summed E-state index contributed by atoms with van der Waals surface area (Å²) in [6, 6.07) is 6.96. The van der Waals surface area contributed by atoms with E-state index in [1.54, 1.807) is 18.2 Å². The summed E-state index contributed by atoms with van der Waals surface area (Å²) in [5.41, 5.74) is 2.97. The summed E-state index contributed by atoms with van der Waals surface area (Å²) >= 11 is 6.30. The predicted molar refractivity (Wildman–Crippen MR) is 75.4 cm³/mol. The van der Waals surface area contributed by atoms with Gasteiger partial charge in [0.1, 0.15) is 10.9 Å². The Morgan fingerprint density at radius 2 is 1.89 bits per heavy atom. The van der Waals surface area contributed by atoms with Crippen molar-refractivity contribution >= 4 is 11.6 Å². The van der Waals surface area contributed by atoms with E-state index in [9.17, 15) is 5.11 Å². The van der Waals surface area contributed by atoms with E-state index in [4.69, 9.17) is 11.6 Å². The summed E-state index contributed by atoms with van der Waals surface area (Å²) in [4.78, 5) is 9.02. The summed E-state index contributed by atoms with van der Waals surface area (Å²) in [6.45, 7) is 0. The zero-order valence-electron chi connectivity index (χ0n) is 10.6. The first-order valence-corrected chi connectivity index (χ1v) is 6.96. The van der Waals surface area contributed by atoms with E-state index in [0.29, 0.717) is 11.0 Å². The van der Waals surface area contributed by atoms with Crippen LogP contribution in [0.1, 0.15) is 30.5 Å². The molecule has 19 heavy (non-hydrogen) atoms. The van der Waals surface area contributed by atoms with Crippen LogP contribution in [0.4, 0.5) is 0 Å². The molecule has 0 bridgehead atoms. The van der Waals surface area contributed by atoms with Crippen LogP contribution in [0.5, 0.6) is 5.75 Å². The van der Waals surface area contributed by atoms with Gasteiger partial charge < -0.3 is 5.11 Å². The van der Waals surface area contributed by atoms with Crippen LogP contribution in [-0.2, 0) is 12.8 Å². The first kappa shape index (κ1) is 12.4. The lowest BCUT2D eigenvalue weighted by molar-refractivity contribution is 0.475. The number of phenols is 1. The molecule has 1 aromatic heterocycles. The first-order chi connectivity index (χ1) is 9.24. The van der Waals surface area contributed by atoms with Crippen molar-refractivity contribution in [2.75, 3.05) is 0 Å². The Labute approximate surface area is 117 Å². The molecule has 0 unspecified atom stereocenters. The summed E-state index contributed by atoms with van der Waals surface area (Å²) < 4.78 is 0. The van der Waals surface area contributed by atoms with E-state index in [2.05, 4.69) is 9.97 Å². The summed E-state index contributed by atoms with van der Waals surface area (Å²) in [6.07, 6.45) is 5.45. The van der Waals surface area contributed by atoms with Gasteiger partial charge in [-0.15, -0.1) is 0 Å². The fraction of sp³-hybridized carbons (Fsp3) is 0.333. The van der Waals surface area contributed by atoms with Gasteiger partial charge in [-0.25, -0.2) is 9.97 Å². The highest BCUT2D eigenvalue weighted by atomic mass is 35.5. The van der Waals surface area contributed by atoms with Crippen LogP contribution in [0, 0.1) is 0 Å². The number of rotatable bonds is 1. The van der Waals surface area contributed by atoms with Crippen LogP contribution in [0.25, 0.3) is 11.4 Å². The zero-order chi connectivity index (χ0) is 13.2. The van der Waals surface area contributed by atoms with Crippen molar-refractivity contribution < 1.29 is 5.11 Å². The molecule has 2 aromatic rings.